The van der Waals surface area contributed by atoms with Crippen LogP contribution in [0.25, 0.3) is 0 Å². The number of likely N-dealkylation sites (tertiary alicyclic amines) is 1. The SMILES string of the molecule is COc1ccccc1NC(=O)c1c(NC(=O)C[NH+]2CCCC2)sc2c1CC[C@@H](C)C2. The Bertz CT molecular complexity index is 934. The van der Waals surface area contributed by atoms with Crippen LogP contribution < -0.4 is 20.3 Å². The van der Waals surface area contributed by atoms with Gasteiger partial charge in [0.05, 0.1) is 31.5 Å². The highest BCUT2D eigenvalue weighted by molar-refractivity contribution is 7.17. The maximum Gasteiger partial charge on any atom is 0.280 e. The van der Waals surface area contributed by atoms with E-state index in [2.05, 4.69) is 17.6 Å². The number of hydrogen-bond donors (Lipinski definition) is 3. The number of quaternary nitrogens is 1. The highest BCUT2D eigenvalue weighted by Crippen LogP contribution is 2.40. The second-order valence-electron chi connectivity index (χ2n) is 8.39. The molecular formula is C23H30N3O3S+. The lowest BCUT2D eigenvalue weighted by molar-refractivity contribution is -0.878. The van der Waals surface area contributed by atoms with E-state index in [0.717, 1.165) is 37.9 Å². The lowest BCUT2D eigenvalue weighted by Crippen LogP contribution is -3.11. The number of thiophene rings is 1. The Balaban J connectivity index is 1.59. The molecule has 2 aromatic rings. The van der Waals surface area contributed by atoms with E-state index in [9.17, 15) is 9.59 Å². The van der Waals surface area contributed by atoms with Gasteiger partial charge in [0, 0.05) is 17.7 Å². The summed E-state index contributed by atoms with van der Waals surface area (Å²) in [4.78, 5) is 28.6. The molecule has 30 heavy (non-hydrogen) atoms. The molecule has 1 saturated heterocycles. The molecule has 1 aromatic heterocycles. The maximum absolute atomic E-state index is 13.3. The fourth-order valence-electron chi connectivity index (χ4n) is 4.46. The molecule has 2 heterocycles. The van der Waals surface area contributed by atoms with Gasteiger partial charge < -0.3 is 20.3 Å². The zero-order chi connectivity index (χ0) is 21.1. The number of carbonyl (C=O) groups excluding carboxylic acids is 2. The second-order valence-corrected chi connectivity index (χ2v) is 9.50. The first-order valence-corrected chi connectivity index (χ1v) is 11.6. The fourth-order valence-corrected chi connectivity index (χ4v) is 5.89. The first-order valence-electron chi connectivity index (χ1n) is 10.8. The van der Waals surface area contributed by atoms with Gasteiger partial charge in [-0.15, -0.1) is 11.3 Å². The molecular weight excluding hydrogens is 398 g/mol. The summed E-state index contributed by atoms with van der Waals surface area (Å²) < 4.78 is 5.37. The number of anilines is 2. The van der Waals surface area contributed by atoms with Crippen molar-refractivity contribution in [3.05, 3.63) is 40.3 Å². The van der Waals surface area contributed by atoms with Crippen molar-refractivity contribution >= 4 is 33.8 Å². The average molecular weight is 429 g/mol. The summed E-state index contributed by atoms with van der Waals surface area (Å²) in [5, 5.41) is 6.75. The van der Waals surface area contributed by atoms with Gasteiger partial charge in [-0.25, -0.2) is 0 Å². The molecule has 1 aliphatic carbocycles. The minimum Gasteiger partial charge on any atom is -0.495 e. The van der Waals surface area contributed by atoms with Crippen LogP contribution >= 0.6 is 11.3 Å². The van der Waals surface area contributed by atoms with Gasteiger partial charge in [-0.1, -0.05) is 19.1 Å². The van der Waals surface area contributed by atoms with Crippen LogP contribution in [0.2, 0.25) is 0 Å². The zero-order valence-electron chi connectivity index (χ0n) is 17.7. The van der Waals surface area contributed by atoms with Crippen molar-refractivity contribution in [1.82, 2.24) is 0 Å². The minimum atomic E-state index is -0.185. The molecule has 0 bridgehead atoms. The van der Waals surface area contributed by atoms with Crippen LogP contribution in [0.1, 0.15) is 47.0 Å². The van der Waals surface area contributed by atoms with E-state index in [4.69, 9.17) is 4.74 Å². The van der Waals surface area contributed by atoms with E-state index in [1.807, 2.05) is 24.3 Å². The molecule has 1 atom stereocenters. The number of rotatable bonds is 6. The highest BCUT2D eigenvalue weighted by atomic mass is 32.1. The van der Waals surface area contributed by atoms with E-state index < -0.39 is 0 Å². The lowest BCUT2D eigenvalue weighted by atomic mass is 9.88. The van der Waals surface area contributed by atoms with Crippen LogP contribution in [0.5, 0.6) is 5.75 Å². The maximum atomic E-state index is 13.3. The Morgan fingerprint density at radius 2 is 1.97 bits per heavy atom. The number of methoxy groups -OCH3 is 1. The van der Waals surface area contributed by atoms with Crippen LogP contribution in [0.15, 0.2) is 24.3 Å². The molecule has 0 unspecified atom stereocenters. The van der Waals surface area contributed by atoms with Gasteiger partial charge in [0.15, 0.2) is 6.54 Å². The Hall–Kier alpha value is -2.38. The van der Waals surface area contributed by atoms with Crippen molar-refractivity contribution in [3.63, 3.8) is 0 Å². The third kappa shape index (κ3) is 4.52. The minimum absolute atomic E-state index is 0.00936. The van der Waals surface area contributed by atoms with Crippen molar-refractivity contribution in [2.24, 2.45) is 5.92 Å². The predicted molar refractivity (Wildman–Crippen MR) is 120 cm³/mol. The van der Waals surface area contributed by atoms with Crippen molar-refractivity contribution in [2.45, 2.75) is 39.0 Å². The van der Waals surface area contributed by atoms with Gasteiger partial charge >= 0.3 is 0 Å². The van der Waals surface area contributed by atoms with Crippen LogP contribution in [-0.2, 0) is 17.6 Å². The summed E-state index contributed by atoms with van der Waals surface area (Å²) in [6.07, 6.45) is 5.25. The van der Waals surface area contributed by atoms with Crippen molar-refractivity contribution in [2.75, 3.05) is 37.4 Å². The number of benzene rings is 1. The van der Waals surface area contributed by atoms with Gasteiger partial charge in [-0.05, 0) is 42.9 Å². The molecule has 1 aliphatic heterocycles. The molecule has 1 aromatic carbocycles. The summed E-state index contributed by atoms with van der Waals surface area (Å²) in [6.45, 7) is 4.80. The third-order valence-electron chi connectivity index (χ3n) is 6.07. The predicted octanol–water partition coefficient (Wildman–Crippen LogP) is 2.75. The number of para-hydroxylation sites is 2. The molecule has 7 heteroatoms. The molecule has 160 valence electrons. The Kier molecular flexibility index (Phi) is 6.39. The first-order chi connectivity index (χ1) is 14.5. The summed E-state index contributed by atoms with van der Waals surface area (Å²) in [7, 11) is 1.59. The Morgan fingerprint density at radius 1 is 1.20 bits per heavy atom. The van der Waals surface area contributed by atoms with Gasteiger partial charge in [0.25, 0.3) is 11.8 Å². The van der Waals surface area contributed by atoms with Crippen LogP contribution in [0.4, 0.5) is 10.7 Å². The number of amides is 2. The average Bonchev–Trinajstić information content (AvgIpc) is 3.35. The Morgan fingerprint density at radius 3 is 2.73 bits per heavy atom. The van der Waals surface area contributed by atoms with E-state index in [1.165, 1.54) is 22.6 Å². The van der Waals surface area contributed by atoms with E-state index in [-0.39, 0.29) is 11.8 Å². The zero-order valence-corrected chi connectivity index (χ0v) is 18.5. The van der Waals surface area contributed by atoms with Gasteiger partial charge in [-0.2, -0.15) is 0 Å². The molecule has 0 saturated carbocycles. The molecule has 1 fully saturated rings. The van der Waals surface area contributed by atoms with Crippen LogP contribution in [0, 0.1) is 5.92 Å². The quantitative estimate of drug-likeness (QED) is 0.663. The Labute approximate surface area is 181 Å². The van der Waals surface area contributed by atoms with Gasteiger partial charge in [-0.3, -0.25) is 9.59 Å². The number of fused-ring (bicyclic) bond motifs is 1. The first kappa shape index (κ1) is 20.9. The summed E-state index contributed by atoms with van der Waals surface area (Å²) in [5.41, 5.74) is 2.35. The normalized spacial score (nSPS) is 18.7. The summed E-state index contributed by atoms with van der Waals surface area (Å²) in [5.74, 6) is 1.02. The summed E-state index contributed by atoms with van der Waals surface area (Å²) in [6, 6.07) is 7.38. The van der Waals surface area contributed by atoms with Crippen molar-refractivity contribution in [3.8, 4) is 5.75 Å². The third-order valence-corrected chi connectivity index (χ3v) is 7.24. The number of hydrogen-bond acceptors (Lipinski definition) is 4. The van der Waals surface area contributed by atoms with Gasteiger partial charge in [0.2, 0.25) is 0 Å². The van der Waals surface area contributed by atoms with Crippen LogP contribution in [-0.4, -0.2) is 38.6 Å². The van der Waals surface area contributed by atoms with E-state index in [0.29, 0.717) is 34.5 Å². The molecule has 4 rings (SSSR count). The molecule has 0 radical (unpaired) electrons. The molecule has 2 amide bonds. The van der Waals surface area contributed by atoms with Crippen molar-refractivity contribution < 1.29 is 19.2 Å². The number of carbonyl (C=O) groups is 2. The summed E-state index contributed by atoms with van der Waals surface area (Å²) >= 11 is 1.57. The lowest BCUT2D eigenvalue weighted by Gasteiger charge is -2.19. The van der Waals surface area contributed by atoms with Crippen molar-refractivity contribution in [1.29, 1.82) is 0 Å². The standard InChI is InChI=1S/C23H29N3O3S/c1-15-9-10-16-19(13-15)30-23(25-20(27)14-26-11-5-6-12-26)21(16)22(28)24-17-7-3-4-8-18(17)29-2/h3-4,7-8,15H,5-6,9-14H2,1-2H3,(H,24,28)(H,25,27)/p+1/t15-/m1/s1. The monoisotopic (exact) mass is 428 g/mol. The molecule has 6 nitrogen and oxygen atoms in total. The number of nitrogens with one attached hydrogen (secondary N) is 3. The fraction of sp³-hybridized carbons (Fsp3) is 0.478. The smallest absolute Gasteiger partial charge is 0.280 e. The molecule has 2 aliphatic rings. The molecule has 3 N–H and O–H groups in total. The van der Waals surface area contributed by atoms with E-state index in [1.54, 1.807) is 18.4 Å². The van der Waals surface area contributed by atoms with Crippen LogP contribution in [0.3, 0.4) is 0 Å². The molecule has 0 spiro atoms. The topological polar surface area (TPSA) is 71.9 Å². The van der Waals surface area contributed by atoms with Gasteiger partial charge in [0.1, 0.15) is 10.8 Å². The largest absolute Gasteiger partial charge is 0.495 e. The van der Waals surface area contributed by atoms with E-state index >= 15 is 0 Å². The number of ether oxygens (including phenoxy) is 1. The highest BCUT2D eigenvalue weighted by Gasteiger charge is 2.29. The second kappa shape index (κ2) is 9.18.